The largest absolute Gasteiger partial charge is 0.481 e. The number of aryl methyl sites for hydroxylation is 5. The number of aliphatic carboxylic acids is 2. The number of amidine groups is 1. The van der Waals surface area contributed by atoms with E-state index in [0.717, 1.165) is 75.3 Å². The van der Waals surface area contributed by atoms with E-state index in [1.165, 1.54) is 52.1 Å². The summed E-state index contributed by atoms with van der Waals surface area (Å²) < 4.78 is 21.2. The molecule has 0 saturated carbocycles. The van der Waals surface area contributed by atoms with Gasteiger partial charge in [-0.1, -0.05) is 188 Å². The van der Waals surface area contributed by atoms with Gasteiger partial charge in [0.05, 0.1) is 56.1 Å². The molecule has 37 nitrogen and oxygen atoms in total. The maximum absolute atomic E-state index is 13.2. The monoisotopic (exact) mass is 1910 g/mol. The van der Waals surface area contributed by atoms with Crippen LogP contribution in [-0.2, 0) is 106 Å². The highest BCUT2D eigenvalue weighted by molar-refractivity contribution is 6.10. The van der Waals surface area contributed by atoms with Gasteiger partial charge in [0.25, 0.3) is 22.2 Å². The van der Waals surface area contributed by atoms with Crippen LogP contribution in [0.1, 0.15) is 159 Å². The average Bonchev–Trinajstić information content (AvgIpc) is 1.64. The van der Waals surface area contributed by atoms with Crippen molar-refractivity contribution in [3.63, 3.8) is 0 Å². The first-order chi connectivity index (χ1) is 66.6. The van der Waals surface area contributed by atoms with Crippen molar-refractivity contribution in [1.82, 2.24) is 48.8 Å². The normalized spacial score (nSPS) is 18.0. The Hall–Kier alpha value is -16.7. The highest BCUT2D eigenvalue weighted by Crippen LogP contribution is 2.29. The van der Waals surface area contributed by atoms with Crippen molar-refractivity contribution in [3.8, 4) is 0 Å². The molecular weight excluding hydrogens is 1810 g/mol. The molecule has 139 heavy (non-hydrogen) atoms. The van der Waals surface area contributed by atoms with E-state index in [-0.39, 0.29) is 84.4 Å². The zero-order valence-corrected chi connectivity index (χ0v) is 76.6. The van der Waals surface area contributed by atoms with Gasteiger partial charge in [-0.25, -0.2) is 34.5 Å². The van der Waals surface area contributed by atoms with E-state index in [4.69, 9.17) is 25.1 Å². The summed E-state index contributed by atoms with van der Waals surface area (Å²) in [6.45, 7) is 6.03. The van der Waals surface area contributed by atoms with E-state index in [1.54, 1.807) is 41.9 Å². The van der Waals surface area contributed by atoms with Crippen LogP contribution in [0.4, 0.5) is 22.7 Å². The van der Waals surface area contributed by atoms with Crippen LogP contribution >= 0.6 is 12.4 Å². The van der Waals surface area contributed by atoms with Gasteiger partial charge in [0.2, 0.25) is 47.6 Å². The van der Waals surface area contributed by atoms with E-state index in [0.29, 0.717) is 79.9 Å². The minimum Gasteiger partial charge on any atom is -0.481 e. The topological polar surface area (TPSA) is 518 Å². The lowest BCUT2D eigenvalue weighted by Crippen LogP contribution is -2.45. The maximum atomic E-state index is 13.2. The van der Waals surface area contributed by atoms with Crippen molar-refractivity contribution in [2.24, 2.45) is 15.7 Å². The van der Waals surface area contributed by atoms with Crippen molar-refractivity contribution >= 4 is 137 Å². The molecule has 38 heteroatoms. The highest BCUT2D eigenvalue weighted by atomic mass is 35.5. The summed E-state index contributed by atoms with van der Waals surface area (Å²) in [5.74, 6) is -2.75. The molecule has 718 valence electrons. The number of nitrogens with two attached hydrogens (primary N) is 1. The summed E-state index contributed by atoms with van der Waals surface area (Å²) in [6, 6.07) is 52.6. The minimum atomic E-state index is -1.23. The van der Waals surface area contributed by atoms with Crippen LogP contribution in [0, 0.1) is 0 Å². The number of anilines is 4. The van der Waals surface area contributed by atoms with E-state index < -0.39 is 107 Å². The molecular formula is C101H102ClN17O20. The number of rotatable bonds is 26. The van der Waals surface area contributed by atoms with Crippen LogP contribution in [0.5, 0.6) is 0 Å². The van der Waals surface area contributed by atoms with Crippen LogP contribution in [0.25, 0.3) is 24.3 Å². The van der Waals surface area contributed by atoms with Gasteiger partial charge >= 0.3 is 23.9 Å². The second-order valence-electron chi connectivity index (χ2n) is 32.3. The van der Waals surface area contributed by atoms with Crippen LogP contribution in [0.15, 0.2) is 272 Å². The number of aliphatic imine (C=N–C) groups is 2. The number of hydrogen-bond acceptors (Lipinski definition) is 25. The second-order valence-corrected chi connectivity index (χ2v) is 32.3. The molecule has 6 amide bonds. The van der Waals surface area contributed by atoms with Gasteiger partial charge in [-0.05, 0) is 117 Å². The lowest BCUT2D eigenvalue weighted by molar-refractivity contribution is -0.168. The number of carboxylic acids is 2. The number of nitrogens with zero attached hydrogens (tertiary/aromatic N) is 10. The van der Waals surface area contributed by atoms with Crippen molar-refractivity contribution in [2.45, 2.75) is 166 Å². The number of carbonyl (C=O) groups is 11. The fourth-order valence-corrected chi connectivity index (χ4v) is 15.3. The summed E-state index contributed by atoms with van der Waals surface area (Å²) in [6.07, 6.45) is 25.0. The van der Waals surface area contributed by atoms with Gasteiger partial charge in [0, 0.05) is 74.9 Å². The molecule has 1 fully saturated rings. The predicted molar refractivity (Wildman–Crippen MR) is 521 cm³/mol. The molecule has 3 unspecified atom stereocenters. The number of benzene rings is 6. The van der Waals surface area contributed by atoms with Crippen LogP contribution in [0.2, 0.25) is 0 Å². The van der Waals surface area contributed by atoms with E-state index in [2.05, 4.69) is 68.7 Å². The molecule has 17 rings (SSSR count). The van der Waals surface area contributed by atoms with Crippen molar-refractivity contribution in [1.29, 1.82) is 0 Å². The number of fused-ring (bicyclic) bond motifs is 4. The third-order valence-corrected chi connectivity index (χ3v) is 22.2. The van der Waals surface area contributed by atoms with Crippen molar-refractivity contribution in [2.75, 3.05) is 21.3 Å². The fraction of sp³-hybridized carbons (Fsp3) is 0.257. The molecule has 4 aromatic heterocycles. The molecule has 0 spiro atoms. The summed E-state index contributed by atoms with van der Waals surface area (Å²) in [5, 5.41) is 33.3. The summed E-state index contributed by atoms with van der Waals surface area (Å²) in [4.78, 5) is 206. The van der Waals surface area contributed by atoms with Crippen LogP contribution in [-0.4, -0.2) is 150 Å². The van der Waals surface area contributed by atoms with Gasteiger partial charge in [-0.15, -0.1) is 12.4 Å². The lowest BCUT2D eigenvalue weighted by atomic mass is 10.1. The fourth-order valence-electron chi connectivity index (χ4n) is 15.3. The van der Waals surface area contributed by atoms with Gasteiger partial charge in [-0.2, -0.15) is 0 Å². The Bertz CT molecular complexity index is 6610. The number of nitrogens with one attached hydrogen (secondary N) is 6. The lowest BCUT2D eigenvalue weighted by Gasteiger charge is -2.22. The molecule has 0 radical (unpaired) electrons. The number of aldehydes is 1. The van der Waals surface area contributed by atoms with Gasteiger partial charge in [0.15, 0.2) is 0 Å². The highest BCUT2D eigenvalue weighted by Gasteiger charge is 2.41. The number of carbonyl (C=O) groups excluding carboxylic acids is 9. The summed E-state index contributed by atoms with van der Waals surface area (Å²) >= 11 is 0. The third kappa shape index (κ3) is 29.4. The van der Waals surface area contributed by atoms with Crippen LogP contribution in [0.3, 0.4) is 0 Å². The maximum Gasteiger partial charge on any atom is 0.363 e. The Morgan fingerprint density at radius 2 is 0.914 bits per heavy atom. The van der Waals surface area contributed by atoms with E-state index in [9.17, 15) is 77.0 Å². The quantitative estimate of drug-likeness (QED) is 0.0138. The zero-order chi connectivity index (χ0) is 98.2. The minimum absolute atomic E-state index is 0. The standard InChI is InChI=1S/C28H26N4O6.C21H22N4O6.C17H15N3O4.C17H17N3O2.C13H11NO2.C5H10N2.ClH/c33-24(14-11-18-7-3-1-4-8-18)30-21-16-29-23-13-12-22(32(23)27(21)36)26(35)31-20-15-25(34)38-28(20)37-17-19-9-5-2-6-10-19;26-12-14(10-19(28)29)23-20(30)16-7-8-17-22-11-15(21(31)25(16)17)24-18(27)9-6-13-4-2-1-3-5-13;21-15(9-6-11-4-2-1-3-5-11)19-12-10-18-14-8-7-13(17(23)24)20(14)16(12)22;1-12-7-9-15-18-11-14(17(22)20(12)15)19-16(21)10-8-13-5-3-2-4-6-13;1-2-11-13(15)16-12(14-11)9-8-10-6-4-3-5-7-10;1-4-2-3-5(6)7-4;/h1-11,14,16,20,22,28H,12-13,15,17H2,(H,30,33)(H,31,35);1-5,11-12,14,16H,6-10H2,(H,23,30)(H,24,27)(H,28,29);1-6,9-10,13H,7-8H2,(H,19,21)(H,23,24);2-6,8,10-12H,7,9H2,1H3,(H,19,21);2-9H,1H3;4H,2-3H2,1H3,(H2,6,7);1H/b14-11+;;9-6+;10-8+;9-8+,11-2-;;/t20-,22-,28?;14-,16-;;12-;;;/m00.1.../s1. The molecule has 0 aliphatic carbocycles. The number of halogens is 1. The molecule has 7 aliphatic heterocycles. The molecule has 11 heterocycles. The van der Waals surface area contributed by atoms with Crippen molar-refractivity contribution in [3.05, 3.63) is 341 Å². The number of amides is 6. The molecule has 0 bridgehead atoms. The molecule has 6 aromatic carbocycles. The predicted octanol–water partition coefficient (Wildman–Crippen LogP) is 10.2. The molecule has 8 atom stereocenters. The Kier molecular flexibility index (Phi) is 37.4. The molecule has 1 saturated heterocycles. The Labute approximate surface area is 802 Å². The molecule has 10 N–H and O–H groups in total. The number of esters is 2. The van der Waals surface area contributed by atoms with Gasteiger partial charge in [-0.3, -0.25) is 80.8 Å². The summed E-state index contributed by atoms with van der Waals surface area (Å²) in [7, 11) is 0. The van der Waals surface area contributed by atoms with E-state index >= 15 is 0 Å². The smallest absolute Gasteiger partial charge is 0.363 e. The Morgan fingerprint density at radius 3 is 1.33 bits per heavy atom. The summed E-state index contributed by atoms with van der Waals surface area (Å²) in [5.41, 5.74) is 9.56. The van der Waals surface area contributed by atoms with Gasteiger partial charge < -0.3 is 66.9 Å². The first-order valence-electron chi connectivity index (χ1n) is 44.4. The van der Waals surface area contributed by atoms with Crippen LogP contribution < -0.4 is 59.9 Å². The number of hydrogen-bond donors (Lipinski definition) is 9. The average molecular weight is 1910 g/mol. The number of ether oxygens (including phenoxy) is 3. The van der Waals surface area contributed by atoms with Crippen molar-refractivity contribution < 1.29 is 77.2 Å². The van der Waals surface area contributed by atoms with E-state index in [1.807, 2.05) is 195 Å². The molecule has 10 aromatic rings. The van der Waals surface area contributed by atoms with Gasteiger partial charge in [0.1, 0.15) is 82.2 Å². The first kappa shape index (κ1) is 103. The number of allylic oxidation sites excluding steroid dienone is 1. The third-order valence-electron chi connectivity index (χ3n) is 22.2. The number of cyclic esters (lactones) is 2. The molecule has 7 aliphatic rings. The number of carboxylic acid groups (broad SMARTS) is 2. The second kappa shape index (κ2) is 50.6. The first-order valence-corrected chi connectivity index (χ1v) is 44.4. The zero-order valence-electron chi connectivity index (χ0n) is 75.8. The SMILES string of the molecule is C/C=C1N=C(/C=C/c2ccccc2)OC\1=O.CC1CCC(N)=N1.C[C@@H]1CCc2ncc(NC(=O)/C=C/c3ccccc3)c(=O)n21.Cl.O=C(/C=C/c1ccccc1)Nc1cnc2n(c1=O)C(C(=O)O)CC2.O=C(/C=C/c1ccccc1)Nc1cnc2n(c1=O)[C@H](C(=O)N[C@H]1CC(=O)OC1OCc1ccccc1)CC2.O=C[C@H](CC(=O)O)NC(=O)[C@@H]1CCc2ncc(NC(=O)CCc3ccccc3)c(=O)n21. The number of aromatic nitrogens is 8. The Balaban J connectivity index is 0.000000167. The Morgan fingerprint density at radius 1 is 0.504 bits per heavy atom.